The minimum Gasteiger partial charge on any atom is -0.467 e. The summed E-state index contributed by atoms with van der Waals surface area (Å²) in [7, 11) is 0. The summed E-state index contributed by atoms with van der Waals surface area (Å²) in [5.41, 5.74) is 2.42. The predicted molar refractivity (Wildman–Crippen MR) is 81.9 cm³/mol. The molecule has 0 heterocycles. The Labute approximate surface area is 121 Å². The number of para-hydroxylation sites is 1. The Hall–Kier alpha value is -1.80. The summed E-state index contributed by atoms with van der Waals surface area (Å²) in [4.78, 5) is 0. The number of hydrogen-bond donors (Lipinski definition) is 0. The van der Waals surface area contributed by atoms with Crippen molar-refractivity contribution >= 4 is 0 Å². The first-order chi connectivity index (χ1) is 9.57. The van der Waals surface area contributed by atoms with E-state index in [0.717, 1.165) is 11.3 Å². The van der Waals surface area contributed by atoms with E-state index < -0.39 is 0 Å². The Morgan fingerprint density at radius 3 is 2.20 bits per heavy atom. The molecule has 0 radical (unpaired) electrons. The van der Waals surface area contributed by atoms with E-state index in [-0.39, 0.29) is 12.2 Å². The Kier molecular flexibility index (Phi) is 4.80. The molecule has 0 N–H and O–H groups in total. The van der Waals surface area contributed by atoms with Crippen LogP contribution in [0.1, 0.15) is 31.9 Å². The monoisotopic (exact) mass is 270 g/mol. The van der Waals surface area contributed by atoms with Gasteiger partial charge in [-0.2, -0.15) is 0 Å². The van der Waals surface area contributed by atoms with Crippen molar-refractivity contribution < 1.29 is 9.47 Å². The average Bonchev–Trinajstić information content (AvgIpc) is 2.44. The molecule has 2 rings (SSSR count). The van der Waals surface area contributed by atoms with Crippen LogP contribution in [-0.4, -0.2) is 6.79 Å². The van der Waals surface area contributed by atoms with Crippen LogP contribution < -0.4 is 4.74 Å². The Bertz CT molecular complexity index is 527. The molecular weight excluding hydrogens is 248 g/mol. The van der Waals surface area contributed by atoms with Crippen molar-refractivity contribution in [2.75, 3.05) is 6.79 Å². The molecule has 0 bridgehead atoms. The van der Waals surface area contributed by atoms with Crippen LogP contribution in [0.5, 0.6) is 5.75 Å². The van der Waals surface area contributed by atoms with Gasteiger partial charge in [-0.1, -0.05) is 69.3 Å². The third-order valence-electron chi connectivity index (χ3n) is 3.10. The molecule has 2 aromatic carbocycles. The second kappa shape index (κ2) is 6.58. The highest BCUT2D eigenvalue weighted by Gasteiger charge is 2.18. The summed E-state index contributed by atoms with van der Waals surface area (Å²) in [6.45, 7) is 7.38. The summed E-state index contributed by atoms with van der Waals surface area (Å²) in [6, 6.07) is 18.2. The van der Waals surface area contributed by atoms with E-state index in [1.807, 2.05) is 48.5 Å². The van der Waals surface area contributed by atoms with Crippen molar-refractivity contribution in [2.24, 2.45) is 0 Å². The highest BCUT2D eigenvalue weighted by molar-refractivity contribution is 5.38. The van der Waals surface area contributed by atoms with Gasteiger partial charge in [-0.05, 0) is 22.6 Å². The summed E-state index contributed by atoms with van der Waals surface area (Å²) in [6.07, 6.45) is 0. The van der Waals surface area contributed by atoms with Gasteiger partial charge in [0.2, 0.25) is 0 Å². The van der Waals surface area contributed by atoms with Crippen molar-refractivity contribution in [3.05, 3.63) is 65.7 Å². The lowest BCUT2D eigenvalue weighted by molar-refractivity contribution is 0.00413. The van der Waals surface area contributed by atoms with E-state index in [9.17, 15) is 0 Å². The molecule has 2 nitrogen and oxygen atoms in total. The normalized spacial score (nSPS) is 11.3. The Morgan fingerprint density at radius 2 is 1.50 bits per heavy atom. The van der Waals surface area contributed by atoms with E-state index in [4.69, 9.17) is 9.47 Å². The molecule has 106 valence electrons. The molecule has 0 unspecified atom stereocenters. The van der Waals surface area contributed by atoms with Crippen molar-refractivity contribution in [3.8, 4) is 5.75 Å². The van der Waals surface area contributed by atoms with Crippen LogP contribution >= 0.6 is 0 Å². The van der Waals surface area contributed by atoms with Crippen molar-refractivity contribution in [1.29, 1.82) is 0 Å². The lowest BCUT2D eigenvalue weighted by atomic mass is 9.86. The fourth-order valence-corrected chi connectivity index (χ4v) is 2.05. The molecule has 0 aliphatic rings. The highest BCUT2D eigenvalue weighted by atomic mass is 16.7. The number of hydrogen-bond acceptors (Lipinski definition) is 2. The van der Waals surface area contributed by atoms with Crippen LogP contribution in [0.3, 0.4) is 0 Å². The van der Waals surface area contributed by atoms with Crippen molar-refractivity contribution in [3.63, 3.8) is 0 Å². The van der Waals surface area contributed by atoms with Gasteiger partial charge in [-0.15, -0.1) is 0 Å². The average molecular weight is 270 g/mol. The third-order valence-corrected chi connectivity index (χ3v) is 3.10. The van der Waals surface area contributed by atoms with E-state index in [2.05, 4.69) is 26.8 Å². The standard InChI is InChI=1S/C18H22O2/c1-18(2,3)16-11-7-8-12-17(16)20-14-19-13-15-9-5-4-6-10-15/h4-12H,13-14H2,1-3H3. The molecule has 0 aromatic heterocycles. The van der Waals surface area contributed by atoms with Crippen LogP contribution in [0, 0.1) is 0 Å². The number of benzene rings is 2. The zero-order valence-electron chi connectivity index (χ0n) is 12.4. The molecule has 20 heavy (non-hydrogen) atoms. The Balaban J connectivity index is 1.89. The van der Waals surface area contributed by atoms with Gasteiger partial charge in [-0.25, -0.2) is 0 Å². The zero-order valence-corrected chi connectivity index (χ0v) is 12.4. The van der Waals surface area contributed by atoms with Gasteiger partial charge in [0, 0.05) is 0 Å². The lowest BCUT2D eigenvalue weighted by Gasteiger charge is -2.22. The molecule has 2 heteroatoms. The van der Waals surface area contributed by atoms with Crippen molar-refractivity contribution in [2.45, 2.75) is 32.8 Å². The summed E-state index contributed by atoms with van der Waals surface area (Å²) < 4.78 is 11.3. The van der Waals surface area contributed by atoms with Gasteiger partial charge in [0.1, 0.15) is 5.75 Å². The maximum Gasteiger partial charge on any atom is 0.189 e. The summed E-state index contributed by atoms with van der Waals surface area (Å²) in [5, 5.41) is 0. The van der Waals surface area contributed by atoms with Crippen LogP contribution in [0.2, 0.25) is 0 Å². The molecule has 0 fully saturated rings. The van der Waals surface area contributed by atoms with E-state index in [0.29, 0.717) is 6.61 Å². The molecule has 0 amide bonds. The quantitative estimate of drug-likeness (QED) is 0.586. The maximum atomic E-state index is 5.76. The molecule has 0 atom stereocenters. The fraction of sp³-hybridized carbons (Fsp3) is 0.333. The van der Waals surface area contributed by atoms with Gasteiger partial charge in [0.25, 0.3) is 0 Å². The second-order valence-corrected chi connectivity index (χ2v) is 5.84. The minimum atomic E-state index is 0.0655. The SMILES string of the molecule is CC(C)(C)c1ccccc1OCOCc1ccccc1. The molecule has 0 spiro atoms. The van der Waals surface area contributed by atoms with Crippen LogP contribution in [0.25, 0.3) is 0 Å². The first-order valence-electron chi connectivity index (χ1n) is 6.91. The predicted octanol–water partition coefficient (Wildman–Crippen LogP) is 4.54. The molecule has 0 saturated heterocycles. The molecule has 0 aliphatic carbocycles. The smallest absolute Gasteiger partial charge is 0.189 e. The van der Waals surface area contributed by atoms with E-state index in [1.165, 1.54) is 5.56 Å². The van der Waals surface area contributed by atoms with Gasteiger partial charge in [0.15, 0.2) is 6.79 Å². The van der Waals surface area contributed by atoms with Gasteiger partial charge in [-0.3, -0.25) is 0 Å². The molecule has 2 aromatic rings. The van der Waals surface area contributed by atoms with Crippen molar-refractivity contribution in [1.82, 2.24) is 0 Å². The molecular formula is C18H22O2. The third kappa shape index (κ3) is 4.10. The topological polar surface area (TPSA) is 18.5 Å². The lowest BCUT2D eigenvalue weighted by Crippen LogP contribution is -2.14. The number of ether oxygens (including phenoxy) is 2. The van der Waals surface area contributed by atoms with Gasteiger partial charge < -0.3 is 9.47 Å². The first kappa shape index (κ1) is 14.6. The van der Waals surface area contributed by atoms with E-state index >= 15 is 0 Å². The van der Waals surface area contributed by atoms with Crippen LogP contribution in [-0.2, 0) is 16.8 Å². The van der Waals surface area contributed by atoms with Crippen LogP contribution in [0.4, 0.5) is 0 Å². The maximum absolute atomic E-state index is 5.76. The summed E-state index contributed by atoms with van der Waals surface area (Å²) >= 11 is 0. The Morgan fingerprint density at radius 1 is 0.850 bits per heavy atom. The van der Waals surface area contributed by atoms with Crippen LogP contribution in [0.15, 0.2) is 54.6 Å². The van der Waals surface area contributed by atoms with Gasteiger partial charge >= 0.3 is 0 Å². The fourth-order valence-electron chi connectivity index (χ4n) is 2.05. The molecule has 0 saturated carbocycles. The van der Waals surface area contributed by atoms with Gasteiger partial charge in [0.05, 0.1) is 6.61 Å². The van der Waals surface area contributed by atoms with E-state index in [1.54, 1.807) is 0 Å². The molecule has 0 aliphatic heterocycles. The minimum absolute atomic E-state index is 0.0655. The highest BCUT2D eigenvalue weighted by Crippen LogP contribution is 2.30. The number of rotatable bonds is 5. The zero-order chi connectivity index (χ0) is 14.4. The summed E-state index contributed by atoms with van der Waals surface area (Å²) in [5.74, 6) is 0.896. The second-order valence-electron chi connectivity index (χ2n) is 5.84. The largest absolute Gasteiger partial charge is 0.467 e. The first-order valence-corrected chi connectivity index (χ1v) is 6.91.